The van der Waals surface area contributed by atoms with Gasteiger partial charge < -0.3 is 19.9 Å². The van der Waals surface area contributed by atoms with E-state index in [4.69, 9.17) is 4.74 Å². The Hall–Kier alpha value is -3.42. The molecule has 1 atom stereocenters. The summed E-state index contributed by atoms with van der Waals surface area (Å²) >= 11 is 0. The topological polar surface area (TPSA) is 79.0 Å². The number of nitrogens with one attached hydrogen (secondary N) is 1. The molecule has 1 unspecified atom stereocenters. The molecule has 2 aromatic carbocycles. The van der Waals surface area contributed by atoms with Crippen LogP contribution in [0.2, 0.25) is 0 Å². The first-order valence-electron chi connectivity index (χ1n) is 10.3. The molecule has 164 valence electrons. The second-order valence-corrected chi connectivity index (χ2v) is 7.19. The number of piperazine rings is 1. The molecule has 1 heterocycles. The van der Waals surface area contributed by atoms with Crippen LogP contribution in [0.3, 0.4) is 0 Å². The van der Waals surface area contributed by atoms with E-state index in [2.05, 4.69) is 5.32 Å². The maximum Gasteiger partial charge on any atom is 0.312 e. The third-order valence-electron chi connectivity index (χ3n) is 5.14. The van der Waals surface area contributed by atoms with Crippen molar-refractivity contribution in [1.29, 1.82) is 0 Å². The average Bonchev–Trinajstić information content (AvgIpc) is 2.76. The van der Waals surface area contributed by atoms with Crippen LogP contribution >= 0.6 is 0 Å². The van der Waals surface area contributed by atoms with E-state index in [1.807, 2.05) is 6.92 Å². The number of carbonyl (C=O) groups is 3. The van der Waals surface area contributed by atoms with Gasteiger partial charge in [-0.15, -0.1) is 0 Å². The zero-order chi connectivity index (χ0) is 22.4. The number of anilines is 1. The minimum absolute atomic E-state index is 0.212. The van der Waals surface area contributed by atoms with Crippen molar-refractivity contribution >= 4 is 23.4 Å². The van der Waals surface area contributed by atoms with Crippen LogP contribution in [0.15, 0.2) is 48.5 Å². The highest BCUT2D eigenvalue weighted by molar-refractivity contribution is 6.35. The maximum atomic E-state index is 13.1. The van der Waals surface area contributed by atoms with Gasteiger partial charge in [0.2, 0.25) is 5.91 Å². The number of hydrogen-bond donors (Lipinski definition) is 1. The van der Waals surface area contributed by atoms with E-state index in [-0.39, 0.29) is 24.8 Å². The lowest BCUT2D eigenvalue weighted by molar-refractivity contribution is -0.159. The van der Waals surface area contributed by atoms with Crippen LogP contribution < -0.4 is 10.1 Å². The summed E-state index contributed by atoms with van der Waals surface area (Å²) in [5.74, 6) is -1.58. The van der Waals surface area contributed by atoms with Crippen molar-refractivity contribution in [3.8, 4) is 5.75 Å². The highest BCUT2D eigenvalue weighted by atomic mass is 19.1. The van der Waals surface area contributed by atoms with Gasteiger partial charge in [0.15, 0.2) is 0 Å². The lowest BCUT2D eigenvalue weighted by Crippen LogP contribution is -2.59. The van der Waals surface area contributed by atoms with E-state index in [1.54, 1.807) is 43.3 Å². The third-order valence-corrected chi connectivity index (χ3v) is 5.14. The SMILES string of the molecule is CCOc1ccccc1NC(=O)C(CC)N1CCN(Cc2ccc(F)cc2)C(=O)C1=O. The Labute approximate surface area is 180 Å². The first kappa shape index (κ1) is 22.3. The van der Waals surface area contributed by atoms with Crippen LogP contribution in [0.25, 0.3) is 0 Å². The van der Waals surface area contributed by atoms with Crippen molar-refractivity contribution in [2.24, 2.45) is 0 Å². The second-order valence-electron chi connectivity index (χ2n) is 7.19. The predicted molar refractivity (Wildman–Crippen MR) is 114 cm³/mol. The molecule has 0 saturated carbocycles. The average molecular weight is 427 g/mol. The fourth-order valence-electron chi connectivity index (χ4n) is 3.56. The number of ether oxygens (including phenoxy) is 1. The minimum atomic E-state index is -0.779. The molecule has 3 amide bonds. The molecule has 1 aliphatic heterocycles. The molecule has 1 N–H and O–H groups in total. The molecule has 0 aliphatic carbocycles. The van der Waals surface area contributed by atoms with Crippen LogP contribution in [-0.4, -0.2) is 53.3 Å². The number of halogens is 1. The number of para-hydroxylation sites is 2. The molecule has 1 fully saturated rings. The van der Waals surface area contributed by atoms with Crippen molar-refractivity contribution in [3.63, 3.8) is 0 Å². The molecular weight excluding hydrogens is 401 g/mol. The van der Waals surface area contributed by atoms with E-state index in [0.717, 1.165) is 5.56 Å². The van der Waals surface area contributed by atoms with Gasteiger partial charge in [-0.25, -0.2) is 4.39 Å². The Morgan fingerprint density at radius 2 is 1.77 bits per heavy atom. The van der Waals surface area contributed by atoms with Gasteiger partial charge in [0.25, 0.3) is 0 Å². The maximum absolute atomic E-state index is 13.1. The van der Waals surface area contributed by atoms with E-state index >= 15 is 0 Å². The van der Waals surface area contributed by atoms with Crippen molar-refractivity contribution in [3.05, 3.63) is 59.9 Å². The third kappa shape index (κ3) is 5.20. The first-order valence-corrected chi connectivity index (χ1v) is 10.3. The summed E-state index contributed by atoms with van der Waals surface area (Å²) < 4.78 is 18.6. The minimum Gasteiger partial charge on any atom is -0.492 e. The van der Waals surface area contributed by atoms with Crippen LogP contribution in [0.4, 0.5) is 10.1 Å². The largest absolute Gasteiger partial charge is 0.492 e. The Morgan fingerprint density at radius 3 is 2.45 bits per heavy atom. The van der Waals surface area contributed by atoms with E-state index in [0.29, 0.717) is 31.0 Å². The van der Waals surface area contributed by atoms with Gasteiger partial charge in [0, 0.05) is 19.6 Å². The quantitative estimate of drug-likeness (QED) is 0.657. The Kier molecular flexibility index (Phi) is 7.23. The number of hydrogen-bond acceptors (Lipinski definition) is 4. The monoisotopic (exact) mass is 427 g/mol. The molecule has 1 saturated heterocycles. The van der Waals surface area contributed by atoms with Crippen LogP contribution in [-0.2, 0) is 20.9 Å². The van der Waals surface area contributed by atoms with Gasteiger partial charge in [-0.3, -0.25) is 14.4 Å². The van der Waals surface area contributed by atoms with Gasteiger partial charge in [-0.1, -0.05) is 31.2 Å². The molecule has 0 aromatic heterocycles. The van der Waals surface area contributed by atoms with Crippen molar-refractivity contribution in [2.45, 2.75) is 32.9 Å². The summed E-state index contributed by atoms with van der Waals surface area (Å²) in [6.07, 6.45) is 0.361. The van der Waals surface area contributed by atoms with Crippen LogP contribution in [0, 0.1) is 5.82 Å². The summed E-state index contributed by atoms with van der Waals surface area (Å²) in [4.78, 5) is 41.1. The summed E-state index contributed by atoms with van der Waals surface area (Å²) in [5.41, 5.74) is 1.25. The van der Waals surface area contributed by atoms with Gasteiger partial charge >= 0.3 is 11.8 Å². The molecule has 0 bridgehead atoms. The normalized spacial score (nSPS) is 15.1. The summed E-state index contributed by atoms with van der Waals surface area (Å²) in [5, 5.41) is 2.82. The summed E-state index contributed by atoms with van der Waals surface area (Å²) in [7, 11) is 0. The lowest BCUT2D eigenvalue weighted by atomic mass is 10.1. The zero-order valence-electron chi connectivity index (χ0n) is 17.6. The molecule has 0 spiro atoms. The molecular formula is C23H26FN3O4. The molecule has 3 rings (SSSR count). The highest BCUT2D eigenvalue weighted by Gasteiger charge is 2.38. The number of nitrogens with zero attached hydrogens (tertiary/aromatic N) is 2. The molecule has 2 aromatic rings. The summed E-state index contributed by atoms with van der Waals surface area (Å²) in [6.45, 7) is 4.84. The summed E-state index contributed by atoms with van der Waals surface area (Å²) in [6, 6.07) is 12.1. The molecule has 8 heteroatoms. The Bertz CT molecular complexity index is 948. The highest BCUT2D eigenvalue weighted by Crippen LogP contribution is 2.25. The number of rotatable bonds is 8. The van der Waals surface area contributed by atoms with Gasteiger partial charge in [-0.05, 0) is 43.2 Å². The first-order chi connectivity index (χ1) is 14.9. The zero-order valence-corrected chi connectivity index (χ0v) is 17.6. The molecule has 31 heavy (non-hydrogen) atoms. The molecule has 0 radical (unpaired) electrons. The van der Waals surface area contributed by atoms with Gasteiger partial charge in [0.05, 0.1) is 12.3 Å². The number of amides is 3. The molecule has 7 nitrogen and oxygen atoms in total. The van der Waals surface area contributed by atoms with Crippen LogP contribution in [0.5, 0.6) is 5.75 Å². The van der Waals surface area contributed by atoms with Crippen molar-refractivity contribution in [1.82, 2.24) is 9.80 Å². The van der Waals surface area contributed by atoms with Gasteiger partial charge in [-0.2, -0.15) is 0 Å². The lowest BCUT2D eigenvalue weighted by Gasteiger charge is -2.37. The number of carbonyl (C=O) groups excluding carboxylic acids is 3. The fourth-order valence-corrected chi connectivity index (χ4v) is 3.56. The van der Waals surface area contributed by atoms with E-state index in [1.165, 1.54) is 21.9 Å². The van der Waals surface area contributed by atoms with Crippen molar-refractivity contribution < 1.29 is 23.5 Å². The fraction of sp³-hybridized carbons (Fsp3) is 0.348. The molecule has 1 aliphatic rings. The Morgan fingerprint density at radius 1 is 1.06 bits per heavy atom. The predicted octanol–water partition coefficient (Wildman–Crippen LogP) is 2.81. The van der Waals surface area contributed by atoms with E-state index < -0.39 is 17.9 Å². The van der Waals surface area contributed by atoms with Crippen LogP contribution in [0.1, 0.15) is 25.8 Å². The smallest absolute Gasteiger partial charge is 0.312 e. The van der Waals surface area contributed by atoms with Gasteiger partial charge in [0.1, 0.15) is 17.6 Å². The Balaban J connectivity index is 1.68. The standard InChI is InChI=1S/C23H26FN3O4/c1-3-19(21(28)25-18-7-5-6-8-20(18)31-4-2)27-14-13-26(22(29)23(27)30)15-16-9-11-17(24)12-10-16/h5-12,19H,3-4,13-15H2,1-2H3,(H,25,28). The van der Waals surface area contributed by atoms with E-state index in [9.17, 15) is 18.8 Å². The second kappa shape index (κ2) is 10.1. The number of benzene rings is 2. The van der Waals surface area contributed by atoms with Crippen molar-refractivity contribution in [2.75, 3.05) is 25.0 Å².